The zero-order valence-corrected chi connectivity index (χ0v) is 13.8. The maximum absolute atomic E-state index is 5.74. The number of nitrogens with zero attached hydrogens (tertiary/aromatic N) is 2. The lowest BCUT2D eigenvalue weighted by Gasteiger charge is -2.24. The van der Waals surface area contributed by atoms with Crippen LogP contribution in [0.25, 0.3) is 11.4 Å². The fraction of sp³-hybridized carbons (Fsp3) is 0.500. The molecule has 0 spiro atoms. The second kappa shape index (κ2) is 6.28. The van der Waals surface area contributed by atoms with Gasteiger partial charge in [-0.05, 0) is 68.8 Å². The van der Waals surface area contributed by atoms with Gasteiger partial charge in [0.15, 0.2) is 0 Å². The van der Waals surface area contributed by atoms with E-state index in [1.165, 1.54) is 0 Å². The third-order valence-electron chi connectivity index (χ3n) is 4.40. The van der Waals surface area contributed by atoms with Crippen LogP contribution in [-0.2, 0) is 0 Å². The fourth-order valence-electron chi connectivity index (χ4n) is 3.03. The lowest BCUT2D eigenvalue weighted by atomic mass is 9.82. The molecule has 2 N–H and O–H groups in total. The molecule has 0 amide bonds. The highest BCUT2D eigenvalue weighted by atomic mass is 79.9. The van der Waals surface area contributed by atoms with Crippen molar-refractivity contribution in [2.45, 2.75) is 38.5 Å². The van der Waals surface area contributed by atoms with Gasteiger partial charge in [0.05, 0.1) is 0 Å². The SMILES string of the molecule is Cc1cc(Br)ccc1-c1noc(C2CCC(CN)CC2)n1. The summed E-state index contributed by atoms with van der Waals surface area (Å²) in [6, 6.07) is 6.10. The van der Waals surface area contributed by atoms with Crippen LogP contribution in [0.2, 0.25) is 0 Å². The van der Waals surface area contributed by atoms with Gasteiger partial charge in [0.25, 0.3) is 0 Å². The smallest absolute Gasteiger partial charge is 0.230 e. The highest BCUT2D eigenvalue weighted by Crippen LogP contribution is 2.35. The van der Waals surface area contributed by atoms with E-state index in [4.69, 9.17) is 10.3 Å². The molecular formula is C16H20BrN3O. The molecule has 1 aromatic carbocycles. The number of hydrogen-bond acceptors (Lipinski definition) is 4. The first-order chi connectivity index (χ1) is 10.2. The van der Waals surface area contributed by atoms with Crippen molar-refractivity contribution in [2.24, 2.45) is 11.7 Å². The van der Waals surface area contributed by atoms with Gasteiger partial charge in [-0.3, -0.25) is 0 Å². The molecule has 1 saturated carbocycles. The summed E-state index contributed by atoms with van der Waals surface area (Å²) in [6.45, 7) is 2.85. The molecule has 0 aliphatic heterocycles. The van der Waals surface area contributed by atoms with Crippen LogP contribution in [0.4, 0.5) is 0 Å². The average Bonchev–Trinajstić information content (AvgIpc) is 2.97. The number of benzene rings is 1. The second-order valence-corrected chi connectivity index (χ2v) is 6.78. The minimum atomic E-state index is 0.393. The van der Waals surface area contributed by atoms with Crippen molar-refractivity contribution in [3.63, 3.8) is 0 Å². The minimum absolute atomic E-state index is 0.393. The van der Waals surface area contributed by atoms with Gasteiger partial charge in [0.1, 0.15) is 0 Å². The predicted molar refractivity (Wildman–Crippen MR) is 85.9 cm³/mol. The molecule has 0 bridgehead atoms. The van der Waals surface area contributed by atoms with Crippen LogP contribution in [0.1, 0.15) is 43.1 Å². The van der Waals surface area contributed by atoms with Crippen molar-refractivity contribution in [3.8, 4) is 11.4 Å². The number of nitrogens with two attached hydrogens (primary N) is 1. The zero-order chi connectivity index (χ0) is 14.8. The van der Waals surface area contributed by atoms with E-state index in [1.807, 2.05) is 12.1 Å². The summed E-state index contributed by atoms with van der Waals surface area (Å²) in [7, 11) is 0. The van der Waals surface area contributed by atoms with Crippen molar-refractivity contribution in [1.82, 2.24) is 10.1 Å². The predicted octanol–water partition coefficient (Wildman–Crippen LogP) is 4.04. The molecule has 5 heteroatoms. The van der Waals surface area contributed by atoms with Crippen LogP contribution in [0.15, 0.2) is 27.2 Å². The minimum Gasteiger partial charge on any atom is -0.339 e. The Morgan fingerprint density at radius 2 is 2.05 bits per heavy atom. The average molecular weight is 350 g/mol. The first-order valence-electron chi connectivity index (χ1n) is 7.47. The van der Waals surface area contributed by atoms with Gasteiger partial charge in [-0.2, -0.15) is 4.98 Å². The van der Waals surface area contributed by atoms with Crippen LogP contribution >= 0.6 is 15.9 Å². The quantitative estimate of drug-likeness (QED) is 0.907. The molecule has 112 valence electrons. The van der Waals surface area contributed by atoms with Crippen LogP contribution < -0.4 is 5.73 Å². The molecule has 0 saturated heterocycles. The molecule has 4 nitrogen and oxygen atoms in total. The van der Waals surface area contributed by atoms with E-state index in [2.05, 4.69) is 39.1 Å². The van der Waals surface area contributed by atoms with Crippen molar-refractivity contribution in [2.75, 3.05) is 6.54 Å². The summed E-state index contributed by atoms with van der Waals surface area (Å²) < 4.78 is 6.57. The van der Waals surface area contributed by atoms with E-state index in [0.29, 0.717) is 17.7 Å². The molecule has 2 aromatic rings. The normalized spacial score (nSPS) is 22.4. The Morgan fingerprint density at radius 3 is 2.71 bits per heavy atom. The van der Waals surface area contributed by atoms with Crippen molar-refractivity contribution < 1.29 is 4.52 Å². The number of aryl methyl sites for hydroxylation is 1. The van der Waals surface area contributed by atoms with Gasteiger partial charge in [-0.25, -0.2) is 0 Å². The number of aromatic nitrogens is 2. The summed E-state index contributed by atoms with van der Waals surface area (Å²) in [5.41, 5.74) is 7.91. The Kier molecular flexibility index (Phi) is 4.40. The molecule has 1 aliphatic carbocycles. The topological polar surface area (TPSA) is 64.9 Å². The van der Waals surface area contributed by atoms with Gasteiger partial charge in [0.2, 0.25) is 11.7 Å². The molecule has 0 atom stereocenters. The molecule has 0 unspecified atom stereocenters. The summed E-state index contributed by atoms with van der Waals surface area (Å²) in [5, 5.41) is 4.17. The highest BCUT2D eigenvalue weighted by Gasteiger charge is 2.26. The summed E-state index contributed by atoms with van der Waals surface area (Å²) >= 11 is 3.47. The van der Waals surface area contributed by atoms with E-state index in [9.17, 15) is 0 Å². The number of hydrogen-bond donors (Lipinski definition) is 1. The summed E-state index contributed by atoms with van der Waals surface area (Å²) in [6.07, 6.45) is 4.53. The zero-order valence-electron chi connectivity index (χ0n) is 12.2. The highest BCUT2D eigenvalue weighted by molar-refractivity contribution is 9.10. The molecule has 1 aliphatic rings. The molecule has 0 radical (unpaired) electrons. The molecule has 1 heterocycles. The van der Waals surface area contributed by atoms with E-state index in [-0.39, 0.29) is 0 Å². The summed E-state index contributed by atoms with van der Waals surface area (Å²) in [5.74, 6) is 2.53. The van der Waals surface area contributed by atoms with Gasteiger partial charge < -0.3 is 10.3 Å². The standard InChI is InChI=1S/C16H20BrN3O/c1-10-8-13(17)6-7-14(10)15-19-16(21-20-15)12-4-2-11(9-18)3-5-12/h6-8,11-12H,2-5,9,18H2,1H3. The van der Waals surface area contributed by atoms with E-state index >= 15 is 0 Å². The molecule has 1 aromatic heterocycles. The van der Waals surface area contributed by atoms with Crippen molar-refractivity contribution >= 4 is 15.9 Å². The Balaban J connectivity index is 1.77. The Labute approximate surface area is 133 Å². The summed E-state index contributed by atoms with van der Waals surface area (Å²) in [4.78, 5) is 4.62. The van der Waals surface area contributed by atoms with E-state index < -0.39 is 0 Å². The van der Waals surface area contributed by atoms with Gasteiger partial charge in [-0.1, -0.05) is 21.1 Å². The van der Waals surface area contributed by atoms with Crippen molar-refractivity contribution in [3.05, 3.63) is 34.1 Å². The fourth-order valence-corrected chi connectivity index (χ4v) is 3.51. The van der Waals surface area contributed by atoms with E-state index in [0.717, 1.165) is 53.7 Å². The molecule has 21 heavy (non-hydrogen) atoms. The molecule has 1 fully saturated rings. The van der Waals surface area contributed by atoms with Crippen LogP contribution in [0.5, 0.6) is 0 Å². The van der Waals surface area contributed by atoms with Crippen LogP contribution in [-0.4, -0.2) is 16.7 Å². The van der Waals surface area contributed by atoms with E-state index in [1.54, 1.807) is 0 Å². The number of halogens is 1. The maximum Gasteiger partial charge on any atom is 0.230 e. The van der Waals surface area contributed by atoms with Gasteiger partial charge in [0, 0.05) is 16.0 Å². The van der Waals surface area contributed by atoms with Crippen LogP contribution in [0, 0.1) is 12.8 Å². The third-order valence-corrected chi connectivity index (χ3v) is 4.89. The second-order valence-electron chi connectivity index (χ2n) is 5.87. The number of rotatable bonds is 3. The van der Waals surface area contributed by atoms with Crippen LogP contribution in [0.3, 0.4) is 0 Å². The Bertz CT molecular complexity index is 618. The lowest BCUT2D eigenvalue weighted by Crippen LogP contribution is -2.20. The lowest BCUT2D eigenvalue weighted by molar-refractivity contribution is 0.275. The largest absolute Gasteiger partial charge is 0.339 e. The van der Waals surface area contributed by atoms with Gasteiger partial charge in [-0.15, -0.1) is 0 Å². The first kappa shape index (κ1) is 14.7. The first-order valence-corrected chi connectivity index (χ1v) is 8.27. The molecule has 3 rings (SSSR count). The molecular weight excluding hydrogens is 330 g/mol. The maximum atomic E-state index is 5.74. The van der Waals surface area contributed by atoms with Crippen molar-refractivity contribution in [1.29, 1.82) is 0 Å². The third kappa shape index (κ3) is 3.19. The van der Waals surface area contributed by atoms with Gasteiger partial charge >= 0.3 is 0 Å². The monoisotopic (exact) mass is 349 g/mol. The Hall–Kier alpha value is -1.20. The Morgan fingerprint density at radius 1 is 1.29 bits per heavy atom.